The minimum absolute atomic E-state index is 0.197. The number of benzene rings is 2. The summed E-state index contributed by atoms with van der Waals surface area (Å²) in [5.74, 6) is -1.47. The van der Waals surface area contributed by atoms with Gasteiger partial charge in [0.2, 0.25) is 0 Å². The number of carbonyl (C=O) groups is 2. The van der Waals surface area contributed by atoms with Crippen LogP contribution in [0.4, 0.5) is 0 Å². The first-order chi connectivity index (χ1) is 15.4. The maximum atomic E-state index is 13.5. The van der Waals surface area contributed by atoms with Crippen molar-refractivity contribution in [1.29, 1.82) is 0 Å². The molecule has 1 unspecified atom stereocenters. The van der Waals surface area contributed by atoms with E-state index in [1.807, 2.05) is 12.1 Å². The molecule has 1 fully saturated rings. The van der Waals surface area contributed by atoms with Crippen molar-refractivity contribution >= 4 is 35.1 Å². The maximum Gasteiger partial charge on any atom is 0.326 e. The van der Waals surface area contributed by atoms with Gasteiger partial charge in [0.15, 0.2) is 0 Å². The first-order valence-corrected chi connectivity index (χ1v) is 10.6. The number of carbonyl (C=O) groups excluding carboxylic acids is 1. The molecule has 9 heteroatoms. The van der Waals surface area contributed by atoms with Crippen LogP contribution in [0.2, 0.25) is 10.0 Å². The molecule has 164 valence electrons. The van der Waals surface area contributed by atoms with Crippen LogP contribution in [0.3, 0.4) is 0 Å². The second kappa shape index (κ2) is 9.14. The predicted octanol–water partition coefficient (Wildman–Crippen LogP) is 4.89. The van der Waals surface area contributed by atoms with Crippen LogP contribution in [0, 0.1) is 0 Å². The molecule has 1 saturated heterocycles. The van der Waals surface area contributed by atoms with Crippen molar-refractivity contribution in [2.24, 2.45) is 0 Å². The van der Waals surface area contributed by atoms with E-state index < -0.39 is 24.0 Å². The third-order valence-electron chi connectivity index (χ3n) is 5.48. The number of hydrogen-bond donors (Lipinski definition) is 1. The highest BCUT2D eigenvalue weighted by atomic mass is 35.5. The molecule has 0 spiro atoms. The molecule has 7 nitrogen and oxygen atoms in total. The Morgan fingerprint density at radius 1 is 1.09 bits per heavy atom. The van der Waals surface area contributed by atoms with Crippen molar-refractivity contribution in [3.8, 4) is 17.3 Å². The van der Waals surface area contributed by atoms with Gasteiger partial charge < -0.3 is 14.7 Å². The number of halogens is 2. The molecule has 0 aliphatic carbocycles. The molecule has 2 atom stereocenters. The van der Waals surface area contributed by atoms with Crippen LogP contribution in [-0.4, -0.2) is 45.0 Å². The topological polar surface area (TPSA) is 92.6 Å². The number of aromatic nitrogens is 2. The Kier molecular flexibility index (Phi) is 6.30. The van der Waals surface area contributed by atoms with E-state index in [4.69, 9.17) is 27.9 Å². The van der Waals surface area contributed by atoms with Gasteiger partial charge in [-0.3, -0.25) is 4.79 Å². The molecule has 0 bridgehead atoms. The van der Waals surface area contributed by atoms with Gasteiger partial charge in [0.05, 0.1) is 23.9 Å². The summed E-state index contributed by atoms with van der Waals surface area (Å²) < 4.78 is 5.05. The first kappa shape index (κ1) is 22.0. The summed E-state index contributed by atoms with van der Waals surface area (Å²) in [5.41, 5.74) is 2.15. The molecule has 1 N–H and O–H groups in total. The molecule has 32 heavy (non-hydrogen) atoms. The molecule has 2 aromatic carbocycles. The number of ether oxygens (including phenoxy) is 1. The molecular formula is C23H19Cl2N3O4. The SMILES string of the molecule is COc1nccc(-c2ccc(C(=O)N3C(c4ccccc4Cl)CC[C@H]3C(=O)O)cc2Cl)n1. The van der Waals surface area contributed by atoms with Gasteiger partial charge in [-0.05, 0) is 42.7 Å². The van der Waals surface area contributed by atoms with Crippen molar-refractivity contribution in [1.82, 2.24) is 14.9 Å². The van der Waals surface area contributed by atoms with Gasteiger partial charge >= 0.3 is 12.0 Å². The Bertz CT molecular complexity index is 1190. The molecule has 0 radical (unpaired) electrons. The average molecular weight is 472 g/mol. The number of nitrogens with zero attached hydrogens (tertiary/aromatic N) is 3. The van der Waals surface area contributed by atoms with Gasteiger partial charge in [-0.2, -0.15) is 4.98 Å². The zero-order valence-corrected chi connectivity index (χ0v) is 18.5. The highest BCUT2D eigenvalue weighted by Gasteiger charge is 2.42. The Morgan fingerprint density at radius 2 is 1.88 bits per heavy atom. The number of rotatable bonds is 5. The van der Waals surface area contributed by atoms with Crippen molar-refractivity contribution in [3.05, 3.63) is 75.9 Å². The number of hydrogen-bond acceptors (Lipinski definition) is 5. The second-order valence-electron chi connectivity index (χ2n) is 7.30. The van der Waals surface area contributed by atoms with Crippen LogP contribution < -0.4 is 4.74 Å². The molecular weight excluding hydrogens is 453 g/mol. The van der Waals surface area contributed by atoms with Crippen LogP contribution in [0.15, 0.2) is 54.7 Å². The lowest BCUT2D eigenvalue weighted by atomic mass is 10.0. The molecule has 4 rings (SSSR count). The van der Waals surface area contributed by atoms with E-state index in [1.165, 1.54) is 18.1 Å². The Labute approximate surface area is 194 Å². The quantitative estimate of drug-likeness (QED) is 0.569. The van der Waals surface area contributed by atoms with E-state index in [9.17, 15) is 14.7 Å². The molecule has 1 aliphatic rings. The Balaban J connectivity index is 1.70. The minimum atomic E-state index is -1.05. The fraction of sp³-hybridized carbons (Fsp3) is 0.217. The fourth-order valence-corrected chi connectivity index (χ4v) is 4.52. The van der Waals surface area contributed by atoms with Crippen LogP contribution in [-0.2, 0) is 4.79 Å². The number of carboxylic acids is 1. The summed E-state index contributed by atoms with van der Waals surface area (Å²) in [6.07, 6.45) is 2.38. The Hall–Kier alpha value is -3.16. The van der Waals surface area contributed by atoms with Gasteiger partial charge in [0.1, 0.15) is 6.04 Å². The summed E-state index contributed by atoms with van der Waals surface area (Å²) in [5, 5.41) is 10.5. The van der Waals surface area contributed by atoms with Crippen LogP contribution >= 0.6 is 23.2 Å². The molecule has 1 aliphatic heterocycles. The van der Waals surface area contributed by atoms with Gasteiger partial charge in [0, 0.05) is 22.3 Å². The molecule has 1 amide bonds. The zero-order chi connectivity index (χ0) is 22.8. The van der Waals surface area contributed by atoms with Crippen LogP contribution in [0.1, 0.15) is 34.8 Å². The summed E-state index contributed by atoms with van der Waals surface area (Å²) in [7, 11) is 1.47. The summed E-state index contributed by atoms with van der Waals surface area (Å²) >= 11 is 12.8. The van der Waals surface area contributed by atoms with Gasteiger partial charge in [0.25, 0.3) is 5.91 Å². The van der Waals surface area contributed by atoms with Crippen molar-refractivity contribution in [3.63, 3.8) is 0 Å². The molecule has 2 heterocycles. The van der Waals surface area contributed by atoms with E-state index >= 15 is 0 Å². The number of amides is 1. The number of likely N-dealkylation sites (tertiary alicyclic amines) is 1. The van der Waals surface area contributed by atoms with Crippen LogP contribution in [0.25, 0.3) is 11.3 Å². The highest BCUT2D eigenvalue weighted by Crippen LogP contribution is 2.40. The number of carboxylic acid groups (broad SMARTS) is 1. The van der Waals surface area contributed by atoms with E-state index in [2.05, 4.69) is 9.97 Å². The van der Waals surface area contributed by atoms with Gasteiger partial charge in [-0.15, -0.1) is 0 Å². The van der Waals surface area contributed by atoms with Crippen LogP contribution in [0.5, 0.6) is 6.01 Å². The molecule has 3 aromatic rings. The summed E-state index contributed by atoms with van der Waals surface area (Å²) in [4.78, 5) is 35.0. The maximum absolute atomic E-state index is 13.5. The average Bonchev–Trinajstić information content (AvgIpc) is 3.24. The molecule has 1 aromatic heterocycles. The third-order valence-corrected chi connectivity index (χ3v) is 6.13. The highest BCUT2D eigenvalue weighted by molar-refractivity contribution is 6.33. The van der Waals surface area contributed by atoms with E-state index in [0.29, 0.717) is 34.1 Å². The lowest BCUT2D eigenvalue weighted by Gasteiger charge is -2.29. The number of methoxy groups -OCH3 is 1. The standard InChI is InChI=1S/C23H19Cl2N3O4/c1-32-23-26-11-10-18(27-23)14-7-6-13(12-17(14)25)21(29)28-19(8-9-20(28)22(30)31)15-4-2-3-5-16(15)24/h2-7,10-12,19-20H,8-9H2,1H3,(H,30,31)/t19?,20-/m0/s1. The predicted molar refractivity (Wildman–Crippen MR) is 120 cm³/mol. The largest absolute Gasteiger partial charge is 0.480 e. The van der Waals surface area contributed by atoms with Crippen molar-refractivity contribution in [2.45, 2.75) is 24.9 Å². The van der Waals surface area contributed by atoms with E-state index in [1.54, 1.807) is 36.5 Å². The lowest BCUT2D eigenvalue weighted by molar-refractivity contribution is -0.141. The van der Waals surface area contributed by atoms with E-state index in [0.717, 1.165) is 5.56 Å². The van der Waals surface area contributed by atoms with Gasteiger partial charge in [-0.25, -0.2) is 9.78 Å². The Morgan fingerprint density at radius 3 is 2.56 bits per heavy atom. The smallest absolute Gasteiger partial charge is 0.326 e. The molecule has 0 saturated carbocycles. The minimum Gasteiger partial charge on any atom is -0.480 e. The normalized spacial score (nSPS) is 17.9. The summed E-state index contributed by atoms with van der Waals surface area (Å²) in [6, 6.07) is 12.5. The first-order valence-electron chi connectivity index (χ1n) is 9.87. The fourth-order valence-electron chi connectivity index (χ4n) is 3.98. The monoisotopic (exact) mass is 471 g/mol. The van der Waals surface area contributed by atoms with E-state index in [-0.39, 0.29) is 11.6 Å². The summed E-state index contributed by atoms with van der Waals surface area (Å²) in [6.45, 7) is 0. The van der Waals surface area contributed by atoms with Crippen molar-refractivity contribution in [2.75, 3.05) is 7.11 Å². The van der Waals surface area contributed by atoms with Crippen molar-refractivity contribution < 1.29 is 19.4 Å². The van der Waals surface area contributed by atoms with Gasteiger partial charge in [-0.1, -0.05) is 47.5 Å². The lowest BCUT2D eigenvalue weighted by Crippen LogP contribution is -2.41. The third kappa shape index (κ3) is 4.13. The zero-order valence-electron chi connectivity index (χ0n) is 17.0. The number of aliphatic carboxylic acids is 1. The second-order valence-corrected chi connectivity index (χ2v) is 8.12.